The van der Waals surface area contributed by atoms with Crippen LogP contribution < -0.4 is 10.1 Å². The SMILES string of the molecule is COc1c(C)cc(CNC(=O)O)cc1C. The van der Waals surface area contributed by atoms with E-state index >= 15 is 0 Å². The maximum atomic E-state index is 10.3. The molecule has 0 fully saturated rings. The lowest BCUT2D eigenvalue weighted by atomic mass is 10.1. The van der Waals surface area contributed by atoms with Gasteiger partial charge in [0.05, 0.1) is 7.11 Å². The Labute approximate surface area is 88.9 Å². The van der Waals surface area contributed by atoms with Gasteiger partial charge in [-0.1, -0.05) is 12.1 Å². The zero-order chi connectivity index (χ0) is 11.4. The Morgan fingerprint density at radius 2 is 1.93 bits per heavy atom. The fourth-order valence-electron chi connectivity index (χ4n) is 1.64. The Bertz CT molecular complexity index is 351. The van der Waals surface area contributed by atoms with Gasteiger partial charge in [0.25, 0.3) is 0 Å². The van der Waals surface area contributed by atoms with Crippen LogP contribution >= 0.6 is 0 Å². The van der Waals surface area contributed by atoms with Crippen molar-refractivity contribution in [3.63, 3.8) is 0 Å². The van der Waals surface area contributed by atoms with Crippen molar-refractivity contribution in [3.05, 3.63) is 28.8 Å². The zero-order valence-electron chi connectivity index (χ0n) is 9.13. The second-order valence-corrected chi connectivity index (χ2v) is 3.42. The van der Waals surface area contributed by atoms with Crippen LogP contribution in [0.4, 0.5) is 4.79 Å². The van der Waals surface area contributed by atoms with Crippen molar-refractivity contribution in [1.82, 2.24) is 5.32 Å². The van der Waals surface area contributed by atoms with E-state index in [9.17, 15) is 4.79 Å². The summed E-state index contributed by atoms with van der Waals surface area (Å²) in [6, 6.07) is 3.84. The molecule has 0 aliphatic carbocycles. The maximum absolute atomic E-state index is 10.3. The lowest BCUT2D eigenvalue weighted by molar-refractivity contribution is 0.194. The van der Waals surface area contributed by atoms with E-state index in [0.29, 0.717) is 6.54 Å². The highest BCUT2D eigenvalue weighted by Gasteiger charge is 2.05. The number of methoxy groups -OCH3 is 1. The Hall–Kier alpha value is -1.71. The number of ether oxygens (including phenoxy) is 1. The molecule has 0 saturated carbocycles. The Balaban J connectivity index is 2.88. The molecule has 0 bridgehead atoms. The number of rotatable bonds is 3. The van der Waals surface area contributed by atoms with E-state index in [2.05, 4.69) is 5.32 Å². The van der Waals surface area contributed by atoms with Gasteiger partial charge in [-0.3, -0.25) is 0 Å². The van der Waals surface area contributed by atoms with Gasteiger partial charge >= 0.3 is 6.09 Å². The minimum atomic E-state index is -1.01. The molecule has 0 spiro atoms. The predicted octanol–water partition coefficient (Wildman–Crippen LogP) is 2.08. The number of hydrogen-bond acceptors (Lipinski definition) is 2. The van der Waals surface area contributed by atoms with Crippen molar-refractivity contribution in [2.24, 2.45) is 0 Å². The van der Waals surface area contributed by atoms with Crippen molar-refractivity contribution in [2.45, 2.75) is 20.4 Å². The van der Waals surface area contributed by atoms with E-state index < -0.39 is 6.09 Å². The first-order valence-corrected chi connectivity index (χ1v) is 4.65. The highest BCUT2D eigenvalue weighted by molar-refractivity contribution is 5.64. The Morgan fingerprint density at radius 1 is 1.40 bits per heavy atom. The molecule has 0 atom stereocenters. The lowest BCUT2D eigenvalue weighted by Gasteiger charge is -2.11. The van der Waals surface area contributed by atoms with E-state index in [1.165, 1.54) is 0 Å². The lowest BCUT2D eigenvalue weighted by Crippen LogP contribution is -2.20. The molecule has 1 aromatic carbocycles. The Kier molecular flexibility index (Phi) is 3.55. The van der Waals surface area contributed by atoms with Gasteiger partial charge in [-0.25, -0.2) is 4.79 Å². The third kappa shape index (κ3) is 2.87. The summed E-state index contributed by atoms with van der Waals surface area (Å²) < 4.78 is 5.22. The van der Waals surface area contributed by atoms with Crippen molar-refractivity contribution in [2.75, 3.05) is 7.11 Å². The maximum Gasteiger partial charge on any atom is 0.404 e. The first-order chi connectivity index (χ1) is 7.04. The van der Waals surface area contributed by atoms with Crippen LogP contribution in [0, 0.1) is 13.8 Å². The van der Waals surface area contributed by atoms with Crippen LogP contribution in [0.15, 0.2) is 12.1 Å². The second-order valence-electron chi connectivity index (χ2n) is 3.42. The summed E-state index contributed by atoms with van der Waals surface area (Å²) in [7, 11) is 1.63. The summed E-state index contributed by atoms with van der Waals surface area (Å²) >= 11 is 0. The molecule has 1 rings (SSSR count). The molecule has 4 heteroatoms. The van der Waals surface area contributed by atoms with Crippen LogP contribution in [-0.2, 0) is 6.54 Å². The molecule has 0 aliphatic rings. The molecular formula is C11H15NO3. The van der Waals surface area contributed by atoms with Gasteiger partial charge in [0, 0.05) is 6.54 Å². The molecule has 1 aromatic rings. The largest absolute Gasteiger partial charge is 0.496 e. The fourth-order valence-corrected chi connectivity index (χ4v) is 1.64. The third-order valence-corrected chi connectivity index (χ3v) is 2.17. The molecule has 82 valence electrons. The molecule has 0 unspecified atom stereocenters. The van der Waals surface area contributed by atoms with Gasteiger partial charge < -0.3 is 15.2 Å². The average Bonchev–Trinajstić information content (AvgIpc) is 2.14. The first kappa shape index (κ1) is 11.4. The molecule has 0 radical (unpaired) electrons. The van der Waals surface area contributed by atoms with Crippen molar-refractivity contribution in [1.29, 1.82) is 0 Å². The normalized spacial score (nSPS) is 9.80. The van der Waals surface area contributed by atoms with Crippen molar-refractivity contribution >= 4 is 6.09 Å². The van der Waals surface area contributed by atoms with Gasteiger partial charge in [0.15, 0.2) is 0 Å². The molecule has 1 amide bonds. The number of carboxylic acid groups (broad SMARTS) is 1. The topological polar surface area (TPSA) is 58.6 Å². The summed E-state index contributed by atoms with van der Waals surface area (Å²) in [6.45, 7) is 4.20. The number of carbonyl (C=O) groups is 1. The van der Waals surface area contributed by atoms with Crippen LogP contribution in [0.5, 0.6) is 5.75 Å². The smallest absolute Gasteiger partial charge is 0.404 e. The summed E-state index contributed by atoms with van der Waals surface area (Å²) in [5.74, 6) is 0.856. The van der Waals surface area contributed by atoms with E-state index in [1.54, 1.807) is 7.11 Å². The van der Waals surface area contributed by atoms with Gasteiger partial charge in [0.1, 0.15) is 5.75 Å². The van der Waals surface area contributed by atoms with Crippen LogP contribution in [0.2, 0.25) is 0 Å². The molecule has 0 saturated heterocycles. The van der Waals surface area contributed by atoms with Gasteiger partial charge in [-0.2, -0.15) is 0 Å². The van der Waals surface area contributed by atoms with E-state index in [-0.39, 0.29) is 0 Å². The van der Waals surface area contributed by atoms with Crippen LogP contribution in [0.3, 0.4) is 0 Å². The van der Waals surface area contributed by atoms with E-state index in [0.717, 1.165) is 22.4 Å². The summed E-state index contributed by atoms with van der Waals surface area (Å²) in [5.41, 5.74) is 2.97. The average molecular weight is 209 g/mol. The molecule has 2 N–H and O–H groups in total. The van der Waals surface area contributed by atoms with Crippen LogP contribution in [0.1, 0.15) is 16.7 Å². The number of nitrogens with one attached hydrogen (secondary N) is 1. The minimum absolute atomic E-state index is 0.320. The second kappa shape index (κ2) is 4.68. The summed E-state index contributed by atoms with van der Waals surface area (Å²) in [5, 5.41) is 10.8. The molecule has 0 aliphatic heterocycles. The molecule has 0 aromatic heterocycles. The van der Waals surface area contributed by atoms with Crippen LogP contribution in [0.25, 0.3) is 0 Å². The molecule has 4 nitrogen and oxygen atoms in total. The highest BCUT2D eigenvalue weighted by atomic mass is 16.5. The van der Waals surface area contributed by atoms with Crippen molar-refractivity contribution in [3.8, 4) is 5.75 Å². The quantitative estimate of drug-likeness (QED) is 0.801. The summed E-state index contributed by atoms with van der Waals surface area (Å²) in [6.07, 6.45) is -1.01. The first-order valence-electron chi connectivity index (χ1n) is 4.65. The fraction of sp³-hybridized carbons (Fsp3) is 0.364. The molecule has 15 heavy (non-hydrogen) atoms. The molecule has 0 heterocycles. The number of benzene rings is 1. The zero-order valence-corrected chi connectivity index (χ0v) is 9.13. The number of aryl methyl sites for hydroxylation is 2. The third-order valence-electron chi connectivity index (χ3n) is 2.17. The molecular weight excluding hydrogens is 194 g/mol. The standard InChI is InChI=1S/C11H15NO3/c1-7-4-9(6-12-11(13)14)5-8(2)10(7)15-3/h4-5,12H,6H2,1-3H3,(H,13,14). The van der Waals surface area contributed by atoms with E-state index in [1.807, 2.05) is 26.0 Å². The number of hydrogen-bond donors (Lipinski definition) is 2. The van der Waals surface area contributed by atoms with Gasteiger partial charge in [-0.15, -0.1) is 0 Å². The van der Waals surface area contributed by atoms with Crippen molar-refractivity contribution < 1.29 is 14.6 Å². The highest BCUT2D eigenvalue weighted by Crippen LogP contribution is 2.24. The van der Waals surface area contributed by atoms with Crippen LogP contribution in [-0.4, -0.2) is 18.3 Å². The van der Waals surface area contributed by atoms with Gasteiger partial charge in [0.2, 0.25) is 0 Å². The monoisotopic (exact) mass is 209 g/mol. The number of amides is 1. The Morgan fingerprint density at radius 3 is 2.33 bits per heavy atom. The van der Waals surface area contributed by atoms with E-state index in [4.69, 9.17) is 9.84 Å². The summed E-state index contributed by atoms with van der Waals surface area (Å²) in [4.78, 5) is 10.3. The van der Waals surface area contributed by atoms with Gasteiger partial charge in [-0.05, 0) is 30.5 Å². The minimum Gasteiger partial charge on any atom is -0.496 e. The predicted molar refractivity (Wildman–Crippen MR) is 57.3 cm³/mol.